The van der Waals surface area contributed by atoms with E-state index in [2.05, 4.69) is 22.5 Å². The molecule has 1 amide bonds. The van der Waals surface area contributed by atoms with Crippen LogP contribution in [0.5, 0.6) is 0 Å². The van der Waals surface area contributed by atoms with Crippen LogP contribution < -0.4 is 10.6 Å². The van der Waals surface area contributed by atoms with E-state index < -0.39 is 5.60 Å². The largest absolute Gasteiger partial charge is 0.444 e. The van der Waals surface area contributed by atoms with Gasteiger partial charge < -0.3 is 15.4 Å². The third kappa shape index (κ3) is 7.43. The molecule has 0 fully saturated rings. The van der Waals surface area contributed by atoms with Crippen molar-refractivity contribution in [2.75, 3.05) is 6.54 Å². The van der Waals surface area contributed by atoms with Gasteiger partial charge in [-0.2, -0.15) is 0 Å². The molecule has 0 aliphatic carbocycles. The van der Waals surface area contributed by atoms with Crippen molar-refractivity contribution in [2.24, 2.45) is 0 Å². The predicted molar refractivity (Wildman–Crippen MR) is 86.6 cm³/mol. The maximum atomic E-state index is 11.7. The summed E-state index contributed by atoms with van der Waals surface area (Å²) < 4.78 is 5.25. The minimum Gasteiger partial charge on any atom is -0.444 e. The average molecular weight is 313 g/mol. The van der Waals surface area contributed by atoms with Crippen LogP contribution in [0.3, 0.4) is 0 Å². The van der Waals surface area contributed by atoms with Crippen molar-refractivity contribution in [3.8, 4) is 0 Å². The molecule has 21 heavy (non-hydrogen) atoms. The molecule has 0 saturated heterocycles. The maximum Gasteiger partial charge on any atom is 0.407 e. The number of nitrogens with one attached hydrogen (secondary N) is 2. The first-order valence-corrected chi connectivity index (χ1v) is 8.29. The van der Waals surface area contributed by atoms with Crippen molar-refractivity contribution in [3.63, 3.8) is 0 Å². The molecule has 0 bridgehead atoms. The van der Waals surface area contributed by atoms with Crippen LogP contribution in [0.25, 0.3) is 0 Å². The average Bonchev–Trinajstić information content (AvgIpc) is 2.76. The number of carbonyl (C=O) groups excluding carboxylic acids is 1. The molecule has 2 N–H and O–H groups in total. The predicted octanol–water partition coefficient (Wildman–Crippen LogP) is 3.23. The number of nitrogens with zero attached hydrogens (tertiary/aromatic N) is 1. The number of aromatic nitrogens is 1. The fraction of sp³-hybridized carbons (Fsp3) is 0.733. The minimum atomic E-state index is -0.461. The number of rotatable bonds is 7. The molecule has 1 aromatic rings. The van der Waals surface area contributed by atoms with Gasteiger partial charge in [0.25, 0.3) is 0 Å². The fourth-order valence-electron chi connectivity index (χ4n) is 1.88. The number of carbonyl (C=O) groups is 1. The summed E-state index contributed by atoms with van der Waals surface area (Å²) in [7, 11) is 0. The summed E-state index contributed by atoms with van der Waals surface area (Å²) in [6, 6.07) is 0.240. The molecule has 6 heteroatoms. The Kier molecular flexibility index (Phi) is 7.11. The van der Waals surface area contributed by atoms with Crippen LogP contribution >= 0.6 is 11.3 Å². The van der Waals surface area contributed by atoms with Gasteiger partial charge in [0, 0.05) is 24.0 Å². The molecule has 120 valence electrons. The van der Waals surface area contributed by atoms with Crippen molar-refractivity contribution in [2.45, 2.75) is 65.6 Å². The monoisotopic (exact) mass is 313 g/mol. The summed E-state index contributed by atoms with van der Waals surface area (Å²) in [5.74, 6) is 0. The summed E-state index contributed by atoms with van der Waals surface area (Å²) in [6.45, 7) is 11.1. The lowest BCUT2D eigenvalue weighted by Gasteiger charge is -2.22. The van der Waals surface area contributed by atoms with Gasteiger partial charge in [0.05, 0.1) is 11.2 Å². The quantitative estimate of drug-likeness (QED) is 0.811. The second kappa shape index (κ2) is 8.34. The highest BCUT2D eigenvalue weighted by molar-refractivity contribution is 7.09. The van der Waals surface area contributed by atoms with E-state index in [-0.39, 0.29) is 12.1 Å². The van der Waals surface area contributed by atoms with Crippen molar-refractivity contribution in [3.05, 3.63) is 16.1 Å². The minimum absolute atomic E-state index is 0.240. The third-order valence-electron chi connectivity index (χ3n) is 2.92. The van der Waals surface area contributed by atoms with Crippen molar-refractivity contribution >= 4 is 17.4 Å². The Morgan fingerprint density at radius 2 is 2.19 bits per heavy atom. The first kappa shape index (κ1) is 17.9. The Labute approximate surface area is 131 Å². The van der Waals surface area contributed by atoms with E-state index in [1.165, 1.54) is 4.88 Å². The summed E-state index contributed by atoms with van der Waals surface area (Å²) >= 11 is 1.66. The Hall–Kier alpha value is -1.14. The molecule has 1 aromatic heterocycles. The molecule has 1 unspecified atom stereocenters. The highest BCUT2D eigenvalue weighted by Crippen LogP contribution is 2.12. The fourth-order valence-corrected chi connectivity index (χ4v) is 2.61. The Bertz CT molecular complexity index is 440. The van der Waals surface area contributed by atoms with E-state index in [4.69, 9.17) is 4.74 Å². The van der Waals surface area contributed by atoms with Gasteiger partial charge in [0.15, 0.2) is 0 Å². The van der Waals surface area contributed by atoms with Gasteiger partial charge in [-0.3, -0.25) is 0 Å². The zero-order valence-corrected chi connectivity index (χ0v) is 14.5. The molecule has 0 aromatic carbocycles. The van der Waals surface area contributed by atoms with Gasteiger partial charge in [-0.25, -0.2) is 9.78 Å². The summed E-state index contributed by atoms with van der Waals surface area (Å²) in [6.07, 6.45) is 1.71. The highest BCUT2D eigenvalue weighted by Gasteiger charge is 2.17. The lowest BCUT2D eigenvalue weighted by molar-refractivity contribution is 0.0521. The van der Waals surface area contributed by atoms with Crippen LogP contribution in [-0.2, 0) is 11.3 Å². The number of hydrogen-bond donors (Lipinski definition) is 2. The first-order valence-electron chi connectivity index (χ1n) is 7.41. The van der Waals surface area contributed by atoms with Crippen molar-refractivity contribution in [1.82, 2.24) is 15.6 Å². The SMILES string of the molecule is CCCC(CNC(=O)OC(C)(C)C)NCc1scnc1C. The molecule has 0 spiro atoms. The topological polar surface area (TPSA) is 63.2 Å². The molecular formula is C15H27N3O2S. The van der Waals surface area contributed by atoms with Crippen LogP contribution in [-0.4, -0.2) is 29.3 Å². The van der Waals surface area contributed by atoms with E-state index in [1.807, 2.05) is 33.2 Å². The summed E-state index contributed by atoms with van der Waals surface area (Å²) in [4.78, 5) is 17.2. The van der Waals surface area contributed by atoms with E-state index >= 15 is 0 Å². The maximum absolute atomic E-state index is 11.7. The van der Waals surface area contributed by atoms with E-state index in [0.717, 1.165) is 25.1 Å². The van der Waals surface area contributed by atoms with Crippen molar-refractivity contribution in [1.29, 1.82) is 0 Å². The van der Waals surface area contributed by atoms with Crippen LogP contribution in [0, 0.1) is 6.92 Å². The molecular weight excluding hydrogens is 286 g/mol. The number of hydrogen-bond acceptors (Lipinski definition) is 5. The number of aryl methyl sites for hydroxylation is 1. The smallest absolute Gasteiger partial charge is 0.407 e. The van der Waals surface area contributed by atoms with E-state index in [0.29, 0.717) is 6.54 Å². The molecule has 0 saturated carbocycles. The third-order valence-corrected chi connectivity index (χ3v) is 3.86. The lowest BCUT2D eigenvalue weighted by atomic mass is 10.1. The molecule has 0 aliphatic rings. The number of thiazole rings is 1. The Morgan fingerprint density at radius 3 is 2.71 bits per heavy atom. The molecule has 5 nitrogen and oxygen atoms in total. The lowest BCUT2D eigenvalue weighted by Crippen LogP contribution is -2.42. The van der Waals surface area contributed by atoms with Gasteiger partial charge >= 0.3 is 6.09 Å². The van der Waals surface area contributed by atoms with Crippen LogP contribution in [0.1, 0.15) is 51.1 Å². The summed E-state index contributed by atoms with van der Waals surface area (Å²) in [5, 5.41) is 6.32. The molecule has 0 aliphatic heterocycles. The van der Waals surface area contributed by atoms with Crippen LogP contribution in [0.2, 0.25) is 0 Å². The summed E-state index contributed by atoms with van der Waals surface area (Å²) in [5.41, 5.74) is 2.47. The Morgan fingerprint density at radius 1 is 1.48 bits per heavy atom. The highest BCUT2D eigenvalue weighted by atomic mass is 32.1. The van der Waals surface area contributed by atoms with E-state index in [1.54, 1.807) is 11.3 Å². The number of alkyl carbamates (subject to hydrolysis) is 1. The number of amides is 1. The molecule has 0 radical (unpaired) electrons. The van der Waals surface area contributed by atoms with Gasteiger partial charge in [-0.05, 0) is 34.1 Å². The molecule has 1 atom stereocenters. The van der Waals surface area contributed by atoms with Crippen LogP contribution in [0.4, 0.5) is 4.79 Å². The molecule has 1 heterocycles. The van der Waals surface area contributed by atoms with Gasteiger partial charge in [-0.1, -0.05) is 13.3 Å². The zero-order chi connectivity index (χ0) is 15.9. The normalized spacial score (nSPS) is 13.0. The first-order chi connectivity index (χ1) is 9.81. The van der Waals surface area contributed by atoms with Gasteiger partial charge in [0.1, 0.15) is 5.60 Å². The van der Waals surface area contributed by atoms with E-state index in [9.17, 15) is 4.79 Å². The van der Waals surface area contributed by atoms with Gasteiger partial charge in [0.2, 0.25) is 0 Å². The second-order valence-electron chi connectivity index (χ2n) is 6.11. The Balaban J connectivity index is 2.39. The molecule has 1 rings (SSSR count). The van der Waals surface area contributed by atoms with Crippen LogP contribution in [0.15, 0.2) is 5.51 Å². The zero-order valence-electron chi connectivity index (χ0n) is 13.7. The van der Waals surface area contributed by atoms with Crippen molar-refractivity contribution < 1.29 is 9.53 Å². The number of ether oxygens (including phenoxy) is 1. The van der Waals surface area contributed by atoms with Gasteiger partial charge in [-0.15, -0.1) is 11.3 Å². The standard InChI is InChI=1S/C15H27N3O2S/c1-6-7-12(8-17-14(19)20-15(3,4)5)16-9-13-11(2)18-10-21-13/h10,12,16H,6-9H2,1-5H3,(H,17,19). The second-order valence-corrected chi connectivity index (χ2v) is 7.05.